The molecule has 18 heteroatoms. The normalized spacial score (nSPS) is 27.9. The van der Waals surface area contributed by atoms with Gasteiger partial charge in [-0.05, 0) is 145 Å². The van der Waals surface area contributed by atoms with Crippen LogP contribution in [0.5, 0.6) is 0 Å². The molecule has 0 radical (unpaired) electrons. The lowest BCUT2D eigenvalue weighted by molar-refractivity contribution is -0.137. The maximum Gasteiger partial charge on any atom is 0.407 e. The highest BCUT2D eigenvalue weighted by atomic mass is 32.1. The summed E-state index contributed by atoms with van der Waals surface area (Å²) in [5.74, 6) is 1.29. The van der Waals surface area contributed by atoms with Gasteiger partial charge in [-0.1, -0.05) is 56.7 Å². The molecule has 4 aromatic rings. The lowest BCUT2D eigenvalue weighted by Gasteiger charge is -2.36. The Kier molecular flexibility index (Phi) is 15.8. The average molecular weight is 1110 g/mol. The van der Waals surface area contributed by atoms with E-state index in [4.69, 9.17) is 33.7 Å². The summed E-state index contributed by atoms with van der Waals surface area (Å²) < 4.78 is 45.3. The second kappa shape index (κ2) is 23.2. The standard InChI is InChI=1S/C62H74FN7O9S/c1-5-35-28-47(65-54(35)49-10-8-20-69(49)59(71)55(67-61(73)75-3)36-16-21-77-22-17-36)39-13-15-45-42-26-41-25-38(12-14-44(41)34(2)46(27-42)57(79-51(45)29-39)53-30-40-9-6-7-11-52(40)80-53)48-32-64-58(66-48)50-31-43(63)33-70(50)60(72)56(68-62(74)76-4)37-18-23-78-24-19-37/h6-7,9,11-12,14,25-26,29-30,32,34-37,43,46,49-50,54-57H,5,8,10,13,15-24,27-28,31,33H2,1-4H3,(H,64,66)(H,67,73)(H,68,74). The van der Waals surface area contributed by atoms with Crippen molar-refractivity contribution in [1.82, 2.24) is 30.4 Å². The fraction of sp³-hybridized carbons (Fsp3) is 0.548. The van der Waals surface area contributed by atoms with Crippen molar-refractivity contribution in [2.45, 2.75) is 139 Å². The highest BCUT2D eigenvalue weighted by molar-refractivity contribution is 7.19. The van der Waals surface area contributed by atoms with Crippen molar-refractivity contribution in [3.63, 3.8) is 0 Å². The molecule has 16 nitrogen and oxygen atoms in total. The zero-order valence-corrected chi connectivity index (χ0v) is 47.1. The summed E-state index contributed by atoms with van der Waals surface area (Å²) >= 11 is 1.81. The molecule has 2 aromatic heterocycles. The zero-order valence-electron chi connectivity index (χ0n) is 46.3. The molecule has 3 N–H and O–H groups in total. The molecule has 424 valence electrons. The van der Waals surface area contributed by atoms with Crippen LogP contribution >= 0.6 is 11.3 Å². The molecule has 0 spiro atoms. The molecule has 8 heterocycles. The van der Waals surface area contributed by atoms with E-state index in [-0.39, 0.29) is 72.6 Å². The molecule has 80 heavy (non-hydrogen) atoms. The summed E-state index contributed by atoms with van der Waals surface area (Å²) in [5.41, 5.74) is 8.85. The number of carbonyl (C=O) groups is 4. The Balaban J connectivity index is 0.857. The van der Waals surface area contributed by atoms with Crippen LogP contribution in [0.2, 0.25) is 0 Å². The van der Waals surface area contributed by atoms with Gasteiger partial charge in [-0.15, -0.1) is 11.3 Å². The molecule has 12 rings (SSSR count). The average Bonchev–Trinajstić information content (AvgIpc) is 4.38. The minimum absolute atomic E-state index is 0.0310. The fourth-order valence-electron chi connectivity index (χ4n) is 14.4. The molecule has 0 saturated carbocycles. The largest absolute Gasteiger partial charge is 0.484 e. The lowest BCUT2D eigenvalue weighted by Crippen LogP contribution is -2.56. The lowest BCUT2D eigenvalue weighted by atomic mass is 9.79. The molecule has 4 amide bonds. The van der Waals surface area contributed by atoms with E-state index in [0.717, 1.165) is 73.2 Å². The van der Waals surface area contributed by atoms with Crippen LogP contribution in [0, 0.1) is 23.7 Å². The van der Waals surface area contributed by atoms with Crippen LogP contribution in [0.1, 0.15) is 131 Å². The number of alkyl carbamates (subject to hydrolysis) is 2. The molecule has 4 saturated heterocycles. The molecule has 2 aromatic carbocycles. The van der Waals surface area contributed by atoms with Gasteiger partial charge in [0.25, 0.3) is 0 Å². The first-order valence-corrected chi connectivity index (χ1v) is 29.9. The van der Waals surface area contributed by atoms with Crippen molar-refractivity contribution >= 4 is 57.2 Å². The topological polar surface area (TPSA) is 186 Å². The van der Waals surface area contributed by atoms with Crippen LogP contribution < -0.4 is 10.6 Å². The highest BCUT2D eigenvalue weighted by Gasteiger charge is 2.47. The fourth-order valence-corrected chi connectivity index (χ4v) is 15.6. The Hall–Kier alpha value is -6.37. The van der Waals surface area contributed by atoms with Gasteiger partial charge in [-0.3, -0.25) is 14.6 Å². The molecule has 10 unspecified atom stereocenters. The van der Waals surface area contributed by atoms with Crippen molar-refractivity contribution < 1.29 is 47.3 Å². The van der Waals surface area contributed by atoms with E-state index in [1.165, 1.54) is 56.4 Å². The van der Waals surface area contributed by atoms with Crippen molar-refractivity contribution in [3.05, 3.63) is 105 Å². The first kappa shape index (κ1) is 54.2. The summed E-state index contributed by atoms with van der Waals surface area (Å²) in [4.78, 5) is 72.8. The molecule has 10 atom stereocenters. The SMILES string of the molecule is CCC1CC(C2=CC3=C(CC2)C2=Cc4cc(-c5cnc(C6CC(F)CN6C(=O)C(NC(=O)OC)C6CCOCC6)[nH]5)ccc4C(C)C(C2)C(c2cc4ccccc4s2)O3)=NC1C1CCCN1C(=O)C(NC(=O)OC)C1CCOCC1. The summed E-state index contributed by atoms with van der Waals surface area (Å²) in [6, 6.07) is 15.1. The van der Waals surface area contributed by atoms with Crippen LogP contribution in [-0.2, 0) is 33.3 Å². The maximum atomic E-state index is 15.5. The third kappa shape index (κ3) is 10.6. The number of H-pyrrole nitrogens is 1. The number of carbonyl (C=O) groups excluding carboxylic acids is 4. The number of fused-ring (bicyclic) bond motifs is 5. The summed E-state index contributed by atoms with van der Waals surface area (Å²) in [6.07, 6.45) is 12.3. The zero-order chi connectivity index (χ0) is 55.2. The Morgan fingerprint density at radius 2 is 1.57 bits per heavy atom. The van der Waals surface area contributed by atoms with Crippen molar-refractivity contribution in [2.75, 3.05) is 53.7 Å². The van der Waals surface area contributed by atoms with Gasteiger partial charge < -0.3 is 49.1 Å². The third-order valence-corrected chi connectivity index (χ3v) is 20.0. The number of likely N-dealkylation sites (tertiary alicyclic amines) is 2. The number of benzene rings is 2. The van der Waals surface area contributed by atoms with Gasteiger partial charge in [0.2, 0.25) is 11.8 Å². The number of aliphatic imine (C=N–C) groups is 1. The van der Waals surface area contributed by atoms with Crippen LogP contribution in [0.3, 0.4) is 0 Å². The number of rotatable bonds is 12. The Bertz CT molecular complexity index is 3100. The molecule has 8 aliphatic rings. The Labute approximate surface area is 470 Å². The molecular formula is C62H74FN7O9S. The van der Waals surface area contributed by atoms with Crippen molar-refractivity contribution in [3.8, 4) is 11.3 Å². The summed E-state index contributed by atoms with van der Waals surface area (Å²) in [6.45, 7) is 7.18. The number of alkyl halides is 1. The van der Waals surface area contributed by atoms with Gasteiger partial charge in [0.1, 0.15) is 35.9 Å². The highest BCUT2D eigenvalue weighted by Crippen LogP contribution is 2.53. The van der Waals surface area contributed by atoms with E-state index in [1.54, 1.807) is 17.5 Å². The molecule has 2 bridgehead atoms. The number of nitrogens with one attached hydrogen (secondary N) is 3. The minimum atomic E-state index is -1.25. The quantitative estimate of drug-likeness (QED) is 0.123. The number of amides is 4. The minimum Gasteiger partial charge on any atom is -0.484 e. The maximum absolute atomic E-state index is 15.5. The summed E-state index contributed by atoms with van der Waals surface area (Å²) in [5, 5.41) is 6.89. The number of hydrogen-bond donors (Lipinski definition) is 3. The monoisotopic (exact) mass is 1110 g/mol. The Morgan fingerprint density at radius 1 is 0.863 bits per heavy atom. The molecule has 4 fully saturated rings. The number of allylic oxidation sites excluding steroid dienone is 4. The van der Waals surface area contributed by atoms with Gasteiger partial charge in [-0.25, -0.2) is 19.0 Å². The van der Waals surface area contributed by atoms with Crippen LogP contribution in [0.15, 0.2) is 88.3 Å². The molecule has 6 aliphatic heterocycles. The van der Waals surface area contributed by atoms with Crippen LogP contribution in [0.25, 0.3) is 27.4 Å². The first-order valence-electron chi connectivity index (χ1n) is 29.1. The summed E-state index contributed by atoms with van der Waals surface area (Å²) in [7, 11) is 2.61. The van der Waals surface area contributed by atoms with E-state index < -0.39 is 36.5 Å². The third-order valence-electron chi connectivity index (χ3n) is 18.8. The molecule has 2 aliphatic carbocycles. The number of aromatic nitrogens is 2. The van der Waals surface area contributed by atoms with Crippen molar-refractivity contribution in [1.29, 1.82) is 0 Å². The van der Waals surface area contributed by atoms with E-state index in [9.17, 15) is 19.2 Å². The number of thiophene rings is 1. The van der Waals surface area contributed by atoms with Crippen LogP contribution in [-0.4, -0.2) is 134 Å². The number of nitrogens with zero attached hydrogens (tertiary/aromatic N) is 4. The van der Waals surface area contributed by atoms with Gasteiger partial charge in [0, 0.05) is 66.2 Å². The van der Waals surface area contributed by atoms with E-state index in [1.807, 2.05) is 4.90 Å². The second-order valence-corrected chi connectivity index (χ2v) is 24.4. The number of methoxy groups -OCH3 is 2. The number of imidazole rings is 1. The number of ether oxygens (including phenoxy) is 5. The predicted molar refractivity (Wildman–Crippen MR) is 303 cm³/mol. The second-order valence-electron chi connectivity index (χ2n) is 23.2. The van der Waals surface area contributed by atoms with E-state index in [0.29, 0.717) is 64.5 Å². The van der Waals surface area contributed by atoms with Crippen LogP contribution in [0.4, 0.5) is 14.0 Å². The number of aromatic amines is 1. The van der Waals surface area contributed by atoms with E-state index in [2.05, 4.69) is 90.1 Å². The van der Waals surface area contributed by atoms with Gasteiger partial charge in [-0.2, -0.15) is 0 Å². The molecular weight excluding hydrogens is 1040 g/mol. The predicted octanol–water partition coefficient (Wildman–Crippen LogP) is 10.7. The van der Waals surface area contributed by atoms with Gasteiger partial charge >= 0.3 is 12.2 Å². The number of hydrogen-bond acceptors (Lipinski definition) is 12. The van der Waals surface area contributed by atoms with E-state index >= 15 is 4.39 Å². The first-order chi connectivity index (χ1) is 39.0. The number of halogens is 1. The van der Waals surface area contributed by atoms with Gasteiger partial charge in [0.15, 0.2) is 0 Å². The Morgan fingerprint density at radius 3 is 2.27 bits per heavy atom. The smallest absolute Gasteiger partial charge is 0.407 e. The van der Waals surface area contributed by atoms with Crippen molar-refractivity contribution in [2.24, 2.45) is 28.7 Å². The van der Waals surface area contributed by atoms with Gasteiger partial charge in [0.05, 0.1) is 50.8 Å².